The monoisotopic (exact) mass is 309 g/mol. The third-order valence-electron chi connectivity index (χ3n) is 4.19. The predicted octanol–water partition coefficient (Wildman–Crippen LogP) is 3.40. The maximum Gasteiger partial charge on any atom is 0.194 e. The molecule has 21 heavy (non-hydrogen) atoms. The highest BCUT2D eigenvalue weighted by Crippen LogP contribution is 2.45. The van der Waals surface area contributed by atoms with Crippen molar-refractivity contribution in [2.75, 3.05) is 19.6 Å². The molecule has 2 unspecified atom stereocenters. The van der Waals surface area contributed by atoms with Gasteiger partial charge in [-0.1, -0.05) is 17.7 Å². The first-order valence-electron chi connectivity index (χ1n) is 7.70. The number of halogens is 2. The van der Waals surface area contributed by atoms with Gasteiger partial charge in [-0.15, -0.1) is 0 Å². The molecule has 3 rings (SSSR count). The third kappa shape index (κ3) is 3.15. The van der Waals surface area contributed by atoms with Gasteiger partial charge in [-0.05, 0) is 38.3 Å². The Balaban J connectivity index is 1.68. The Hall–Kier alpha value is -1.29. The Kier molecular flexibility index (Phi) is 4.34. The van der Waals surface area contributed by atoms with Crippen molar-refractivity contribution in [2.45, 2.75) is 38.1 Å². The number of guanidine groups is 1. The fourth-order valence-electron chi connectivity index (χ4n) is 3.02. The highest BCUT2D eigenvalue weighted by molar-refractivity contribution is 6.31. The van der Waals surface area contributed by atoms with E-state index in [0.717, 1.165) is 32.0 Å². The molecule has 0 spiro atoms. The van der Waals surface area contributed by atoms with Crippen molar-refractivity contribution in [3.63, 3.8) is 0 Å². The van der Waals surface area contributed by atoms with E-state index in [1.165, 1.54) is 18.9 Å². The molecular weight excluding hydrogens is 289 g/mol. The summed E-state index contributed by atoms with van der Waals surface area (Å²) in [5, 5.41) is 4.01. The summed E-state index contributed by atoms with van der Waals surface area (Å²) < 4.78 is 13.9. The van der Waals surface area contributed by atoms with Crippen molar-refractivity contribution in [3.8, 4) is 0 Å². The largest absolute Gasteiger partial charge is 0.353 e. The summed E-state index contributed by atoms with van der Waals surface area (Å²) in [6.07, 6.45) is 3.35. The number of nitrogens with zero attached hydrogens (tertiary/aromatic N) is 2. The first-order valence-corrected chi connectivity index (χ1v) is 8.08. The molecule has 1 aliphatic heterocycles. The van der Waals surface area contributed by atoms with Gasteiger partial charge in [0.2, 0.25) is 0 Å². The first kappa shape index (κ1) is 14.6. The van der Waals surface area contributed by atoms with Crippen LogP contribution in [0, 0.1) is 5.82 Å². The van der Waals surface area contributed by atoms with Crippen LogP contribution in [-0.2, 0) is 0 Å². The molecule has 0 aromatic heterocycles. The van der Waals surface area contributed by atoms with E-state index in [-0.39, 0.29) is 17.8 Å². The van der Waals surface area contributed by atoms with Gasteiger partial charge in [0.25, 0.3) is 0 Å². The minimum Gasteiger partial charge on any atom is -0.353 e. The highest BCUT2D eigenvalue weighted by atomic mass is 35.5. The quantitative estimate of drug-likeness (QED) is 0.684. The minimum atomic E-state index is -0.202. The Labute approximate surface area is 130 Å². The smallest absolute Gasteiger partial charge is 0.194 e. The van der Waals surface area contributed by atoms with E-state index in [1.807, 2.05) is 6.92 Å². The van der Waals surface area contributed by atoms with Gasteiger partial charge < -0.3 is 10.2 Å². The van der Waals surface area contributed by atoms with Crippen LogP contribution in [-0.4, -0.2) is 36.5 Å². The Morgan fingerprint density at radius 1 is 1.43 bits per heavy atom. The lowest BCUT2D eigenvalue weighted by Gasteiger charge is -2.21. The Bertz CT molecular complexity index is 520. The summed E-state index contributed by atoms with van der Waals surface area (Å²) >= 11 is 6.15. The van der Waals surface area contributed by atoms with Crippen molar-refractivity contribution in [2.24, 2.45) is 4.99 Å². The van der Waals surface area contributed by atoms with Gasteiger partial charge in [0.15, 0.2) is 5.96 Å². The average molecular weight is 310 g/mol. The lowest BCUT2D eigenvalue weighted by molar-refractivity contribution is 0.490. The standard InChI is InChI=1S/C16H21ClFN3/c1-2-19-16(21-8-3-4-9-21)20-14-10-11(14)15-12(17)6-5-7-13(15)18/h5-7,11,14H,2-4,8-10H2,1H3,(H,19,20). The Morgan fingerprint density at radius 3 is 2.86 bits per heavy atom. The zero-order valence-electron chi connectivity index (χ0n) is 12.3. The molecule has 0 radical (unpaired) electrons. The molecule has 0 bridgehead atoms. The molecule has 114 valence electrons. The summed E-state index contributed by atoms with van der Waals surface area (Å²) in [6, 6.07) is 5.14. The lowest BCUT2D eigenvalue weighted by atomic mass is 10.1. The van der Waals surface area contributed by atoms with E-state index in [9.17, 15) is 4.39 Å². The normalized spacial score (nSPS) is 25.3. The van der Waals surface area contributed by atoms with Crippen LogP contribution in [0.5, 0.6) is 0 Å². The van der Waals surface area contributed by atoms with Gasteiger partial charge in [0, 0.05) is 42.2 Å². The van der Waals surface area contributed by atoms with E-state index >= 15 is 0 Å². The number of benzene rings is 1. The number of hydrogen-bond acceptors (Lipinski definition) is 1. The maximum absolute atomic E-state index is 13.9. The van der Waals surface area contributed by atoms with Crippen LogP contribution in [0.2, 0.25) is 5.02 Å². The molecule has 1 aliphatic carbocycles. The summed E-state index contributed by atoms with van der Waals surface area (Å²) in [5.41, 5.74) is 0.647. The molecule has 0 amide bonds. The first-order chi connectivity index (χ1) is 10.2. The van der Waals surface area contributed by atoms with Crippen molar-refractivity contribution in [1.29, 1.82) is 0 Å². The van der Waals surface area contributed by atoms with E-state index in [0.29, 0.717) is 10.6 Å². The van der Waals surface area contributed by atoms with Gasteiger partial charge in [-0.2, -0.15) is 0 Å². The van der Waals surface area contributed by atoms with Crippen LogP contribution in [0.25, 0.3) is 0 Å². The van der Waals surface area contributed by atoms with Crippen LogP contribution in [0.1, 0.15) is 37.7 Å². The highest BCUT2D eigenvalue weighted by Gasteiger charge is 2.42. The molecule has 2 fully saturated rings. The van der Waals surface area contributed by atoms with Crippen molar-refractivity contribution in [1.82, 2.24) is 10.2 Å². The second-order valence-corrected chi connectivity index (χ2v) is 6.13. The second-order valence-electron chi connectivity index (χ2n) is 5.72. The number of hydrogen-bond donors (Lipinski definition) is 1. The molecule has 1 saturated carbocycles. The topological polar surface area (TPSA) is 27.6 Å². The molecule has 1 aromatic rings. The summed E-state index contributed by atoms with van der Waals surface area (Å²) in [6.45, 7) is 4.92. The molecule has 3 nitrogen and oxygen atoms in total. The van der Waals surface area contributed by atoms with Crippen LogP contribution in [0.3, 0.4) is 0 Å². The average Bonchev–Trinajstić information content (AvgIpc) is 3.00. The van der Waals surface area contributed by atoms with Gasteiger partial charge in [0.05, 0.1) is 0 Å². The number of rotatable bonds is 3. The molecule has 1 heterocycles. The van der Waals surface area contributed by atoms with Gasteiger partial charge in [-0.3, -0.25) is 4.99 Å². The van der Waals surface area contributed by atoms with Crippen molar-refractivity contribution >= 4 is 17.6 Å². The molecule has 2 aliphatic rings. The van der Waals surface area contributed by atoms with E-state index < -0.39 is 0 Å². The van der Waals surface area contributed by atoms with Crippen LogP contribution in [0.4, 0.5) is 4.39 Å². The van der Waals surface area contributed by atoms with Crippen LogP contribution < -0.4 is 5.32 Å². The summed E-state index contributed by atoms with van der Waals surface area (Å²) in [7, 11) is 0. The molecule has 1 N–H and O–H groups in total. The van der Waals surface area contributed by atoms with Gasteiger partial charge in [0.1, 0.15) is 5.82 Å². The van der Waals surface area contributed by atoms with E-state index in [1.54, 1.807) is 12.1 Å². The lowest BCUT2D eigenvalue weighted by Crippen LogP contribution is -2.41. The van der Waals surface area contributed by atoms with Gasteiger partial charge in [-0.25, -0.2) is 4.39 Å². The molecule has 1 saturated heterocycles. The zero-order valence-corrected chi connectivity index (χ0v) is 13.0. The SMILES string of the molecule is CCN=C(NC1CC1c1c(F)cccc1Cl)N1CCCC1. The Morgan fingerprint density at radius 2 is 2.19 bits per heavy atom. The number of aliphatic imine (C=N–C) groups is 1. The van der Waals surface area contributed by atoms with Gasteiger partial charge >= 0.3 is 0 Å². The molecular formula is C16H21ClFN3. The fraction of sp³-hybridized carbons (Fsp3) is 0.562. The van der Waals surface area contributed by atoms with E-state index in [4.69, 9.17) is 11.6 Å². The molecule has 1 aromatic carbocycles. The fourth-order valence-corrected chi connectivity index (χ4v) is 3.32. The molecule has 2 atom stereocenters. The van der Waals surface area contributed by atoms with Crippen LogP contribution >= 0.6 is 11.6 Å². The van der Waals surface area contributed by atoms with Crippen molar-refractivity contribution in [3.05, 3.63) is 34.6 Å². The minimum absolute atomic E-state index is 0.156. The summed E-state index contributed by atoms with van der Waals surface area (Å²) in [5.74, 6) is 0.922. The number of likely N-dealkylation sites (tertiary alicyclic amines) is 1. The summed E-state index contributed by atoms with van der Waals surface area (Å²) in [4.78, 5) is 6.86. The zero-order chi connectivity index (χ0) is 14.8. The van der Waals surface area contributed by atoms with Crippen molar-refractivity contribution < 1.29 is 4.39 Å². The third-order valence-corrected chi connectivity index (χ3v) is 4.52. The van der Waals surface area contributed by atoms with E-state index in [2.05, 4.69) is 15.2 Å². The molecule has 5 heteroatoms. The second kappa shape index (κ2) is 6.22. The maximum atomic E-state index is 13.9. The predicted molar refractivity (Wildman–Crippen MR) is 84.5 cm³/mol. The number of nitrogens with one attached hydrogen (secondary N) is 1. The van der Waals surface area contributed by atoms with Crippen LogP contribution in [0.15, 0.2) is 23.2 Å².